The van der Waals surface area contributed by atoms with Gasteiger partial charge in [0.25, 0.3) is 0 Å². The zero-order chi connectivity index (χ0) is 12.6. The summed E-state index contributed by atoms with van der Waals surface area (Å²) in [6.07, 6.45) is 2.32. The summed E-state index contributed by atoms with van der Waals surface area (Å²) in [4.78, 5) is 12.8. The zero-order valence-electron chi connectivity index (χ0n) is 9.41. The van der Waals surface area contributed by atoms with E-state index in [1.165, 1.54) is 0 Å². The number of aryl methyl sites for hydroxylation is 1. The second-order valence-corrected chi connectivity index (χ2v) is 4.69. The Kier molecular flexibility index (Phi) is 3.35. The van der Waals surface area contributed by atoms with E-state index in [2.05, 4.69) is 30.9 Å². The van der Waals surface area contributed by atoms with E-state index in [1.54, 1.807) is 17.8 Å². The summed E-state index contributed by atoms with van der Waals surface area (Å²) in [5.74, 6) is 1.49. The zero-order valence-corrected chi connectivity index (χ0v) is 11.7. The molecule has 0 spiro atoms. The van der Waals surface area contributed by atoms with Gasteiger partial charge in [0.2, 0.25) is 0 Å². The van der Waals surface area contributed by atoms with Gasteiger partial charge in [-0.3, -0.25) is 0 Å². The highest BCUT2D eigenvalue weighted by atomic mass is 79.9. The lowest BCUT2D eigenvalue weighted by Gasteiger charge is -2.07. The van der Waals surface area contributed by atoms with Crippen LogP contribution in [0.15, 0.2) is 10.7 Å². The number of nitrogens with two attached hydrogens (primary N) is 1. The molecule has 0 aliphatic carbocycles. The van der Waals surface area contributed by atoms with Crippen LogP contribution in [-0.2, 0) is 13.5 Å². The molecule has 5 nitrogen and oxygen atoms in total. The smallest absolute Gasteiger partial charge is 0.198 e. The van der Waals surface area contributed by atoms with Crippen LogP contribution in [0.4, 0.5) is 5.82 Å². The Bertz CT molecular complexity index is 566. The van der Waals surface area contributed by atoms with Crippen LogP contribution in [0.5, 0.6) is 0 Å². The van der Waals surface area contributed by atoms with Crippen molar-refractivity contribution in [1.29, 1.82) is 0 Å². The number of imidazole rings is 1. The van der Waals surface area contributed by atoms with E-state index in [-0.39, 0.29) is 0 Å². The predicted octanol–water partition coefficient (Wildman–Crippen LogP) is 2.44. The average molecular weight is 317 g/mol. The first kappa shape index (κ1) is 12.3. The van der Waals surface area contributed by atoms with E-state index in [0.29, 0.717) is 22.6 Å². The Morgan fingerprint density at radius 3 is 2.71 bits per heavy atom. The Balaban J connectivity index is 2.61. The van der Waals surface area contributed by atoms with Gasteiger partial charge in [-0.1, -0.05) is 18.5 Å². The van der Waals surface area contributed by atoms with E-state index in [0.717, 1.165) is 16.6 Å². The van der Waals surface area contributed by atoms with Crippen LogP contribution in [0, 0.1) is 0 Å². The van der Waals surface area contributed by atoms with Crippen LogP contribution >= 0.6 is 27.5 Å². The summed E-state index contributed by atoms with van der Waals surface area (Å²) < 4.78 is 2.45. The van der Waals surface area contributed by atoms with Gasteiger partial charge in [-0.15, -0.1) is 0 Å². The largest absolute Gasteiger partial charge is 0.383 e. The van der Waals surface area contributed by atoms with Crippen molar-refractivity contribution in [3.63, 3.8) is 0 Å². The highest BCUT2D eigenvalue weighted by molar-refractivity contribution is 9.10. The topological polar surface area (TPSA) is 69.6 Å². The minimum absolute atomic E-state index is 0.408. The van der Waals surface area contributed by atoms with Crippen LogP contribution in [-0.4, -0.2) is 19.5 Å². The lowest BCUT2D eigenvalue weighted by molar-refractivity contribution is 0.895. The first-order valence-corrected chi connectivity index (χ1v) is 6.21. The summed E-state index contributed by atoms with van der Waals surface area (Å²) >= 11 is 9.30. The van der Waals surface area contributed by atoms with Crippen molar-refractivity contribution < 1.29 is 0 Å². The van der Waals surface area contributed by atoms with Gasteiger partial charge in [-0.25, -0.2) is 15.0 Å². The summed E-state index contributed by atoms with van der Waals surface area (Å²) in [7, 11) is 1.80. The number of aromatic nitrogens is 4. The van der Waals surface area contributed by atoms with E-state index >= 15 is 0 Å². The third kappa shape index (κ3) is 2.14. The molecule has 0 aliphatic rings. The fraction of sp³-hybridized carbons (Fsp3) is 0.300. The molecule has 0 amide bonds. The van der Waals surface area contributed by atoms with Crippen molar-refractivity contribution >= 4 is 33.3 Å². The van der Waals surface area contributed by atoms with Crippen LogP contribution < -0.4 is 5.73 Å². The fourth-order valence-electron chi connectivity index (χ4n) is 1.44. The normalized spacial score (nSPS) is 10.8. The second-order valence-electron chi connectivity index (χ2n) is 3.51. The number of nitrogen functional groups attached to an aromatic ring is 1. The molecule has 2 aromatic heterocycles. The van der Waals surface area contributed by atoms with Crippen LogP contribution in [0.1, 0.15) is 12.6 Å². The van der Waals surface area contributed by atoms with Crippen molar-refractivity contribution in [2.75, 3.05) is 5.73 Å². The summed E-state index contributed by atoms with van der Waals surface area (Å²) in [6, 6.07) is 0. The third-order valence-electron chi connectivity index (χ3n) is 2.41. The van der Waals surface area contributed by atoms with Gasteiger partial charge in [0, 0.05) is 7.05 Å². The number of rotatable bonds is 2. The molecule has 0 saturated heterocycles. The molecular weight excluding hydrogens is 306 g/mol. The molecule has 0 radical (unpaired) electrons. The van der Waals surface area contributed by atoms with Crippen molar-refractivity contribution in [2.45, 2.75) is 13.3 Å². The highest BCUT2D eigenvalue weighted by Crippen LogP contribution is 2.25. The van der Waals surface area contributed by atoms with E-state index in [1.807, 2.05) is 6.92 Å². The molecule has 2 heterocycles. The Labute approximate surface area is 112 Å². The molecule has 0 unspecified atom stereocenters. The van der Waals surface area contributed by atoms with Gasteiger partial charge in [0.1, 0.15) is 11.0 Å². The molecule has 2 aromatic rings. The first-order chi connectivity index (χ1) is 8.04. The molecule has 0 bridgehead atoms. The number of halogens is 2. The average Bonchev–Trinajstić information content (AvgIpc) is 2.64. The van der Waals surface area contributed by atoms with E-state index < -0.39 is 0 Å². The summed E-state index contributed by atoms with van der Waals surface area (Å²) in [6.45, 7) is 2.00. The van der Waals surface area contributed by atoms with Crippen molar-refractivity contribution in [1.82, 2.24) is 19.5 Å². The molecule has 2 rings (SSSR count). The Morgan fingerprint density at radius 1 is 1.47 bits per heavy atom. The quantitative estimate of drug-likeness (QED) is 0.924. The lowest BCUT2D eigenvalue weighted by atomic mass is 10.3. The molecule has 90 valence electrons. The predicted molar refractivity (Wildman–Crippen MR) is 70.7 cm³/mol. The van der Waals surface area contributed by atoms with Gasteiger partial charge < -0.3 is 10.3 Å². The summed E-state index contributed by atoms with van der Waals surface area (Å²) in [5.41, 5.74) is 6.68. The third-order valence-corrected chi connectivity index (χ3v) is 3.63. The second kappa shape index (κ2) is 4.62. The molecule has 17 heavy (non-hydrogen) atoms. The first-order valence-electron chi connectivity index (χ1n) is 5.04. The minimum Gasteiger partial charge on any atom is -0.383 e. The van der Waals surface area contributed by atoms with Crippen molar-refractivity contribution in [2.24, 2.45) is 7.05 Å². The highest BCUT2D eigenvalue weighted by Gasteiger charge is 2.14. The number of hydrogen-bond acceptors (Lipinski definition) is 4. The summed E-state index contributed by atoms with van der Waals surface area (Å²) in [5, 5.41) is 0.531. The van der Waals surface area contributed by atoms with Crippen molar-refractivity contribution in [3.8, 4) is 11.6 Å². The maximum atomic E-state index is 5.93. The maximum absolute atomic E-state index is 5.93. The van der Waals surface area contributed by atoms with Crippen LogP contribution in [0.3, 0.4) is 0 Å². The molecule has 7 heteroatoms. The monoisotopic (exact) mass is 315 g/mol. The Morgan fingerprint density at radius 2 is 2.18 bits per heavy atom. The van der Waals surface area contributed by atoms with Crippen molar-refractivity contribution in [3.05, 3.63) is 21.5 Å². The van der Waals surface area contributed by atoms with Gasteiger partial charge in [0.15, 0.2) is 11.6 Å². The fourth-order valence-corrected chi connectivity index (χ4v) is 2.03. The standard InChI is InChI=1S/C10H11BrClN5/c1-3-5-7(11)8(13)16-9(15-5)10-14-4-6(12)17(10)2/h4H,3H2,1-2H3,(H2,13,15,16). The molecule has 0 saturated carbocycles. The number of nitrogens with zero attached hydrogens (tertiary/aromatic N) is 4. The van der Waals surface area contributed by atoms with E-state index in [4.69, 9.17) is 17.3 Å². The van der Waals surface area contributed by atoms with Gasteiger partial charge in [0.05, 0.1) is 16.4 Å². The van der Waals surface area contributed by atoms with Crippen LogP contribution in [0.25, 0.3) is 11.6 Å². The lowest BCUT2D eigenvalue weighted by Crippen LogP contribution is -2.05. The minimum atomic E-state index is 0.408. The molecule has 0 aromatic carbocycles. The Hall–Kier alpha value is -1.14. The van der Waals surface area contributed by atoms with Crippen LogP contribution in [0.2, 0.25) is 5.15 Å². The van der Waals surface area contributed by atoms with Gasteiger partial charge >= 0.3 is 0 Å². The van der Waals surface area contributed by atoms with E-state index in [9.17, 15) is 0 Å². The SMILES string of the molecule is CCc1nc(-c2ncc(Cl)n2C)nc(N)c1Br. The van der Waals surface area contributed by atoms with Gasteiger partial charge in [-0.2, -0.15) is 0 Å². The maximum Gasteiger partial charge on any atom is 0.198 e. The van der Waals surface area contributed by atoms with Gasteiger partial charge in [-0.05, 0) is 22.4 Å². The molecule has 0 aliphatic heterocycles. The number of hydrogen-bond donors (Lipinski definition) is 1. The number of anilines is 1. The molecular formula is C10H11BrClN5. The molecule has 0 atom stereocenters. The molecule has 0 fully saturated rings. The molecule has 2 N–H and O–H groups in total.